The Morgan fingerprint density at radius 2 is 1.88 bits per heavy atom. The Balaban J connectivity index is 2.70. The summed E-state index contributed by atoms with van der Waals surface area (Å²) < 4.78 is 5.14. The van der Waals surface area contributed by atoms with Crippen LogP contribution in [-0.4, -0.2) is 40.3 Å². The second-order valence-corrected chi connectivity index (χ2v) is 5.84. The zero-order chi connectivity index (χ0) is 12.7. The molecule has 1 heterocycles. The molecule has 0 aromatic rings. The highest BCUT2D eigenvalue weighted by Crippen LogP contribution is 2.37. The van der Waals surface area contributed by atoms with Gasteiger partial charge in [0.05, 0.1) is 0 Å². The van der Waals surface area contributed by atoms with Gasteiger partial charge in [0, 0.05) is 12.0 Å². The molecule has 1 N–H and O–H groups in total. The maximum atomic E-state index is 11.7. The van der Waals surface area contributed by atoms with Gasteiger partial charge in [-0.2, -0.15) is 0 Å². The molecule has 1 amide bonds. The van der Waals surface area contributed by atoms with Gasteiger partial charge in [0.2, 0.25) is 0 Å². The van der Waals surface area contributed by atoms with Crippen molar-refractivity contribution >= 4 is 12.1 Å². The van der Waals surface area contributed by atoms with E-state index in [9.17, 15) is 9.59 Å². The fourth-order valence-electron chi connectivity index (χ4n) is 1.88. The fourth-order valence-corrected chi connectivity index (χ4v) is 1.88. The van der Waals surface area contributed by atoms with Gasteiger partial charge in [-0.3, -0.25) is 4.90 Å². The Labute approximate surface area is 95.4 Å². The summed E-state index contributed by atoms with van der Waals surface area (Å²) in [4.78, 5) is 24.0. The van der Waals surface area contributed by atoms with Gasteiger partial charge in [-0.1, -0.05) is 13.8 Å². The third-order valence-corrected chi connectivity index (χ3v) is 2.49. The third kappa shape index (κ3) is 2.46. The lowest BCUT2D eigenvalue weighted by atomic mass is 9.75. The molecule has 5 heteroatoms. The van der Waals surface area contributed by atoms with Crippen molar-refractivity contribution in [1.82, 2.24) is 4.90 Å². The van der Waals surface area contributed by atoms with Gasteiger partial charge in [0.25, 0.3) is 0 Å². The molecule has 0 aromatic heterocycles. The maximum absolute atomic E-state index is 11.7. The highest BCUT2D eigenvalue weighted by Gasteiger charge is 2.53. The number of rotatable bonds is 1. The number of hydrogen-bond acceptors (Lipinski definition) is 3. The summed E-state index contributed by atoms with van der Waals surface area (Å²) >= 11 is 0. The molecule has 0 saturated carbocycles. The van der Waals surface area contributed by atoms with Crippen LogP contribution in [0.25, 0.3) is 0 Å². The number of carbonyl (C=O) groups is 2. The Morgan fingerprint density at radius 1 is 1.38 bits per heavy atom. The summed E-state index contributed by atoms with van der Waals surface area (Å²) in [5.41, 5.74) is -0.984. The van der Waals surface area contributed by atoms with Crippen molar-refractivity contribution in [2.24, 2.45) is 5.41 Å². The number of nitrogens with zero attached hydrogens (tertiary/aromatic N) is 1. The first-order valence-electron chi connectivity index (χ1n) is 5.27. The van der Waals surface area contributed by atoms with E-state index in [4.69, 9.17) is 9.84 Å². The predicted molar refractivity (Wildman–Crippen MR) is 58.1 cm³/mol. The second kappa shape index (κ2) is 3.64. The third-order valence-electron chi connectivity index (χ3n) is 2.49. The Bertz CT molecular complexity index is 316. The smallest absolute Gasteiger partial charge is 0.411 e. The number of hydrogen-bond donors (Lipinski definition) is 1. The molecule has 1 aliphatic rings. The van der Waals surface area contributed by atoms with E-state index in [1.807, 2.05) is 13.8 Å². The Morgan fingerprint density at radius 3 is 2.19 bits per heavy atom. The Hall–Kier alpha value is -1.26. The van der Waals surface area contributed by atoms with Crippen molar-refractivity contribution in [1.29, 1.82) is 0 Å². The zero-order valence-electron chi connectivity index (χ0n) is 10.4. The average Bonchev–Trinajstić information content (AvgIpc) is 1.95. The van der Waals surface area contributed by atoms with Gasteiger partial charge in [0.1, 0.15) is 11.6 Å². The first kappa shape index (κ1) is 12.8. The van der Waals surface area contributed by atoms with E-state index in [1.54, 1.807) is 20.8 Å². The van der Waals surface area contributed by atoms with Crippen LogP contribution < -0.4 is 0 Å². The van der Waals surface area contributed by atoms with Gasteiger partial charge < -0.3 is 9.84 Å². The lowest BCUT2D eigenvalue weighted by Crippen LogP contribution is -2.67. The second-order valence-electron chi connectivity index (χ2n) is 5.84. The SMILES string of the molecule is CC(C)(C)OC(=O)N1CC(C)(C)C1C(=O)O. The van der Waals surface area contributed by atoms with Crippen LogP contribution >= 0.6 is 0 Å². The lowest BCUT2D eigenvalue weighted by molar-refractivity contribution is -0.159. The molecule has 1 fully saturated rings. The van der Waals surface area contributed by atoms with Crippen molar-refractivity contribution in [3.05, 3.63) is 0 Å². The number of carboxylic acid groups (broad SMARTS) is 1. The molecule has 1 aliphatic heterocycles. The van der Waals surface area contributed by atoms with Crippen LogP contribution in [0.5, 0.6) is 0 Å². The number of carboxylic acids is 1. The van der Waals surface area contributed by atoms with E-state index in [2.05, 4.69) is 0 Å². The first-order valence-corrected chi connectivity index (χ1v) is 5.27. The molecule has 1 atom stereocenters. The van der Waals surface area contributed by atoms with Crippen LogP contribution in [0.1, 0.15) is 34.6 Å². The van der Waals surface area contributed by atoms with Crippen molar-refractivity contribution in [2.45, 2.75) is 46.3 Å². The van der Waals surface area contributed by atoms with Crippen molar-refractivity contribution < 1.29 is 19.4 Å². The molecule has 1 unspecified atom stereocenters. The van der Waals surface area contributed by atoms with Crippen molar-refractivity contribution in [3.8, 4) is 0 Å². The molecule has 1 saturated heterocycles. The highest BCUT2D eigenvalue weighted by molar-refractivity contribution is 5.83. The lowest BCUT2D eigenvalue weighted by Gasteiger charge is -2.51. The summed E-state index contributed by atoms with van der Waals surface area (Å²) in [6, 6.07) is -0.789. The number of likely N-dealkylation sites (tertiary alicyclic amines) is 1. The van der Waals surface area contributed by atoms with Crippen LogP contribution in [0.2, 0.25) is 0 Å². The minimum atomic E-state index is -0.984. The molecule has 0 radical (unpaired) electrons. The van der Waals surface area contributed by atoms with Gasteiger partial charge in [-0.05, 0) is 20.8 Å². The van der Waals surface area contributed by atoms with Crippen LogP contribution in [-0.2, 0) is 9.53 Å². The average molecular weight is 229 g/mol. The summed E-state index contributed by atoms with van der Waals surface area (Å²) in [6.07, 6.45) is -0.556. The van der Waals surface area contributed by atoms with E-state index in [-0.39, 0.29) is 5.41 Å². The Kier molecular flexibility index (Phi) is 2.92. The molecular weight excluding hydrogens is 210 g/mol. The normalized spacial score (nSPS) is 23.6. The van der Waals surface area contributed by atoms with E-state index in [0.29, 0.717) is 6.54 Å². The highest BCUT2D eigenvalue weighted by atomic mass is 16.6. The molecule has 0 bridgehead atoms. The molecular formula is C11H19NO4. The van der Waals surface area contributed by atoms with Gasteiger partial charge in [0.15, 0.2) is 0 Å². The summed E-state index contributed by atoms with van der Waals surface area (Å²) in [5.74, 6) is -0.984. The van der Waals surface area contributed by atoms with Gasteiger partial charge >= 0.3 is 12.1 Å². The zero-order valence-corrected chi connectivity index (χ0v) is 10.4. The standard InChI is InChI=1S/C11H19NO4/c1-10(2,3)16-9(15)12-6-11(4,5)7(12)8(13)14/h7H,6H2,1-5H3,(H,13,14). The summed E-state index contributed by atoms with van der Waals surface area (Å²) in [7, 11) is 0. The molecule has 0 aromatic carbocycles. The molecule has 1 rings (SSSR count). The predicted octanol–water partition coefficient (Wildman–Crippen LogP) is 1.72. The molecule has 0 spiro atoms. The van der Waals surface area contributed by atoms with Gasteiger partial charge in [-0.25, -0.2) is 9.59 Å². The topological polar surface area (TPSA) is 66.8 Å². The fraction of sp³-hybridized carbons (Fsp3) is 0.818. The molecule has 0 aliphatic carbocycles. The minimum Gasteiger partial charge on any atom is -0.480 e. The van der Waals surface area contributed by atoms with E-state index < -0.39 is 23.7 Å². The molecule has 92 valence electrons. The minimum absolute atomic E-state index is 0.386. The number of carbonyl (C=O) groups excluding carboxylic acids is 1. The summed E-state index contributed by atoms with van der Waals surface area (Å²) in [5, 5.41) is 9.04. The van der Waals surface area contributed by atoms with E-state index in [0.717, 1.165) is 0 Å². The van der Waals surface area contributed by atoms with E-state index in [1.165, 1.54) is 4.90 Å². The van der Waals surface area contributed by atoms with Crippen molar-refractivity contribution in [2.75, 3.05) is 6.54 Å². The monoisotopic (exact) mass is 229 g/mol. The maximum Gasteiger partial charge on any atom is 0.411 e. The first-order chi connectivity index (χ1) is 7.04. The van der Waals surface area contributed by atoms with Crippen LogP contribution in [0.3, 0.4) is 0 Å². The van der Waals surface area contributed by atoms with Crippen molar-refractivity contribution in [3.63, 3.8) is 0 Å². The molecule has 5 nitrogen and oxygen atoms in total. The van der Waals surface area contributed by atoms with Crippen LogP contribution in [0.4, 0.5) is 4.79 Å². The quantitative estimate of drug-likeness (QED) is 0.743. The van der Waals surface area contributed by atoms with Gasteiger partial charge in [-0.15, -0.1) is 0 Å². The largest absolute Gasteiger partial charge is 0.480 e. The molecule has 16 heavy (non-hydrogen) atoms. The summed E-state index contributed by atoms with van der Waals surface area (Å²) in [6.45, 7) is 9.33. The number of aliphatic carboxylic acids is 1. The van der Waals surface area contributed by atoms with Crippen LogP contribution in [0.15, 0.2) is 0 Å². The van der Waals surface area contributed by atoms with E-state index >= 15 is 0 Å². The van der Waals surface area contributed by atoms with Crippen LogP contribution in [0, 0.1) is 5.41 Å². The number of amides is 1. The number of ether oxygens (including phenoxy) is 1.